The molecular weight excluding hydrogens is 174 g/mol. The van der Waals surface area contributed by atoms with Crippen molar-refractivity contribution < 1.29 is 0 Å². The molecule has 0 aliphatic carbocycles. The number of aromatic nitrogens is 2. The molecule has 2 rings (SSSR count). The summed E-state index contributed by atoms with van der Waals surface area (Å²) in [5.74, 6) is 0. The lowest BCUT2D eigenvalue weighted by Crippen LogP contribution is -2.10. The lowest BCUT2D eigenvalue weighted by molar-refractivity contribution is 0.790. The number of nitrogens with one attached hydrogen (secondary N) is 1. The summed E-state index contributed by atoms with van der Waals surface area (Å²) >= 11 is 0. The fraction of sp³-hybridized carbons (Fsp3) is 0.273. The van der Waals surface area contributed by atoms with Gasteiger partial charge >= 0.3 is 0 Å². The van der Waals surface area contributed by atoms with Gasteiger partial charge in [-0.25, -0.2) is 9.97 Å². The van der Waals surface area contributed by atoms with Gasteiger partial charge in [-0.2, -0.15) is 0 Å². The summed E-state index contributed by atoms with van der Waals surface area (Å²) in [7, 11) is 1.95. The van der Waals surface area contributed by atoms with Crippen LogP contribution in [-0.4, -0.2) is 23.6 Å². The van der Waals surface area contributed by atoms with Gasteiger partial charge in [0.25, 0.3) is 0 Å². The van der Waals surface area contributed by atoms with Crippen LogP contribution in [0.4, 0.5) is 0 Å². The van der Waals surface area contributed by atoms with E-state index < -0.39 is 0 Å². The second-order valence-electron chi connectivity index (χ2n) is 3.25. The Bertz CT molecular complexity index is 426. The van der Waals surface area contributed by atoms with E-state index in [1.165, 1.54) is 5.56 Å². The number of hydrogen-bond acceptors (Lipinski definition) is 3. The molecule has 0 amide bonds. The van der Waals surface area contributed by atoms with Crippen LogP contribution >= 0.6 is 0 Å². The average molecular weight is 187 g/mol. The van der Waals surface area contributed by atoms with Crippen molar-refractivity contribution >= 4 is 11.0 Å². The van der Waals surface area contributed by atoms with Gasteiger partial charge in [-0.3, -0.25) is 0 Å². The molecule has 0 aliphatic heterocycles. The zero-order valence-corrected chi connectivity index (χ0v) is 8.20. The van der Waals surface area contributed by atoms with Crippen molar-refractivity contribution in [2.45, 2.75) is 6.42 Å². The molecule has 14 heavy (non-hydrogen) atoms. The number of likely N-dealkylation sites (N-methyl/N-ethyl adjacent to an activating group) is 1. The van der Waals surface area contributed by atoms with Gasteiger partial charge in [0.15, 0.2) is 5.65 Å². The highest BCUT2D eigenvalue weighted by Crippen LogP contribution is 2.10. The van der Waals surface area contributed by atoms with E-state index in [1.807, 2.05) is 25.4 Å². The molecular formula is C11H13N3. The summed E-state index contributed by atoms with van der Waals surface area (Å²) < 4.78 is 0. The molecule has 0 saturated carbocycles. The fourth-order valence-electron chi connectivity index (χ4n) is 1.42. The Balaban J connectivity index is 2.32. The monoisotopic (exact) mass is 187 g/mol. The highest BCUT2D eigenvalue weighted by molar-refractivity contribution is 5.74. The molecule has 3 heteroatoms. The van der Waals surface area contributed by atoms with E-state index >= 15 is 0 Å². The van der Waals surface area contributed by atoms with E-state index in [1.54, 1.807) is 6.20 Å². The summed E-state index contributed by atoms with van der Waals surface area (Å²) in [6.45, 7) is 0.980. The zero-order valence-electron chi connectivity index (χ0n) is 8.20. The predicted molar refractivity (Wildman–Crippen MR) is 57.2 cm³/mol. The second-order valence-corrected chi connectivity index (χ2v) is 3.25. The maximum absolute atomic E-state index is 4.30. The van der Waals surface area contributed by atoms with Gasteiger partial charge in [-0.15, -0.1) is 0 Å². The molecule has 2 aromatic rings. The average Bonchev–Trinajstić information content (AvgIpc) is 2.26. The second kappa shape index (κ2) is 4.15. The Morgan fingerprint density at radius 1 is 1.36 bits per heavy atom. The predicted octanol–water partition coefficient (Wildman–Crippen LogP) is 1.39. The van der Waals surface area contributed by atoms with Gasteiger partial charge in [0, 0.05) is 17.8 Å². The van der Waals surface area contributed by atoms with Crippen LogP contribution in [0.25, 0.3) is 11.0 Å². The maximum atomic E-state index is 4.30. The summed E-state index contributed by atoms with van der Waals surface area (Å²) in [5, 5.41) is 4.23. The molecule has 0 unspecified atom stereocenters. The minimum absolute atomic E-state index is 0.820. The van der Waals surface area contributed by atoms with E-state index in [2.05, 4.69) is 21.4 Å². The molecule has 0 aromatic carbocycles. The Labute approximate surface area is 83.2 Å². The molecule has 0 fully saturated rings. The zero-order chi connectivity index (χ0) is 9.80. The number of fused-ring (bicyclic) bond motifs is 1. The van der Waals surface area contributed by atoms with E-state index in [-0.39, 0.29) is 0 Å². The minimum Gasteiger partial charge on any atom is -0.319 e. The maximum Gasteiger partial charge on any atom is 0.159 e. The largest absolute Gasteiger partial charge is 0.319 e. The summed E-state index contributed by atoms with van der Waals surface area (Å²) in [5.41, 5.74) is 2.07. The van der Waals surface area contributed by atoms with Gasteiger partial charge in [0.1, 0.15) is 0 Å². The molecule has 0 atom stereocenters. The Hall–Kier alpha value is -1.48. The van der Waals surface area contributed by atoms with Crippen molar-refractivity contribution in [1.82, 2.24) is 15.3 Å². The molecule has 0 saturated heterocycles. The van der Waals surface area contributed by atoms with Crippen LogP contribution in [0.15, 0.2) is 30.6 Å². The molecule has 3 nitrogen and oxygen atoms in total. The SMILES string of the molecule is CNCCc1cnc2ncccc2c1. The van der Waals surface area contributed by atoms with Crippen LogP contribution in [0.3, 0.4) is 0 Å². The van der Waals surface area contributed by atoms with E-state index in [9.17, 15) is 0 Å². The summed E-state index contributed by atoms with van der Waals surface area (Å²) in [4.78, 5) is 8.47. The molecule has 0 bridgehead atoms. The summed E-state index contributed by atoms with van der Waals surface area (Å²) in [6, 6.07) is 6.12. The molecule has 72 valence electrons. The van der Waals surface area contributed by atoms with E-state index in [0.29, 0.717) is 0 Å². The van der Waals surface area contributed by atoms with Gasteiger partial charge < -0.3 is 5.32 Å². The van der Waals surface area contributed by atoms with Gasteiger partial charge in [0.2, 0.25) is 0 Å². The number of pyridine rings is 2. The van der Waals surface area contributed by atoms with Crippen LogP contribution < -0.4 is 5.32 Å². The standard InChI is InChI=1S/C11H13N3/c1-12-6-4-9-7-10-3-2-5-13-11(10)14-8-9/h2-3,5,7-8,12H,4,6H2,1H3. The van der Waals surface area contributed by atoms with Crippen LogP contribution in [0.5, 0.6) is 0 Å². The third kappa shape index (κ3) is 1.88. The topological polar surface area (TPSA) is 37.8 Å². The summed E-state index contributed by atoms with van der Waals surface area (Å²) in [6.07, 6.45) is 4.67. The number of hydrogen-bond donors (Lipinski definition) is 1. The van der Waals surface area contributed by atoms with Crippen LogP contribution in [0, 0.1) is 0 Å². The number of rotatable bonds is 3. The molecule has 1 N–H and O–H groups in total. The van der Waals surface area contributed by atoms with Crippen molar-refractivity contribution in [3.8, 4) is 0 Å². The van der Waals surface area contributed by atoms with Gasteiger partial charge in [-0.05, 0) is 43.8 Å². The van der Waals surface area contributed by atoms with Gasteiger partial charge in [-0.1, -0.05) is 0 Å². The van der Waals surface area contributed by atoms with Crippen molar-refractivity contribution in [2.24, 2.45) is 0 Å². The number of nitrogens with zero attached hydrogens (tertiary/aromatic N) is 2. The highest BCUT2D eigenvalue weighted by Gasteiger charge is 1.97. The quantitative estimate of drug-likeness (QED) is 0.789. The molecule has 2 aromatic heterocycles. The first kappa shape index (κ1) is 9.09. The van der Waals surface area contributed by atoms with Crippen molar-refractivity contribution in [2.75, 3.05) is 13.6 Å². The first-order valence-electron chi connectivity index (χ1n) is 4.74. The first-order chi connectivity index (χ1) is 6.90. The Morgan fingerprint density at radius 2 is 2.29 bits per heavy atom. The van der Waals surface area contributed by atoms with E-state index in [4.69, 9.17) is 0 Å². The van der Waals surface area contributed by atoms with Crippen molar-refractivity contribution in [3.05, 3.63) is 36.2 Å². The minimum atomic E-state index is 0.820. The van der Waals surface area contributed by atoms with Crippen molar-refractivity contribution in [1.29, 1.82) is 0 Å². The lowest BCUT2D eigenvalue weighted by Gasteiger charge is -2.01. The molecule has 0 spiro atoms. The van der Waals surface area contributed by atoms with Crippen LogP contribution in [0.2, 0.25) is 0 Å². The molecule has 2 heterocycles. The molecule has 0 radical (unpaired) electrons. The Kier molecular flexibility index (Phi) is 2.70. The Morgan fingerprint density at radius 3 is 3.14 bits per heavy atom. The van der Waals surface area contributed by atoms with Crippen molar-refractivity contribution in [3.63, 3.8) is 0 Å². The first-order valence-corrected chi connectivity index (χ1v) is 4.74. The van der Waals surface area contributed by atoms with Crippen LogP contribution in [-0.2, 0) is 6.42 Å². The smallest absolute Gasteiger partial charge is 0.159 e. The van der Waals surface area contributed by atoms with Crippen LogP contribution in [0.1, 0.15) is 5.56 Å². The molecule has 0 aliphatic rings. The third-order valence-electron chi connectivity index (χ3n) is 2.17. The third-order valence-corrected chi connectivity index (χ3v) is 2.17. The van der Waals surface area contributed by atoms with E-state index in [0.717, 1.165) is 24.0 Å². The lowest BCUT2D eigenvalue weighted by atomic mass is 10.1. The van der Waals surface area contributed by atoms with Gasteiger partial charge in [0.05, 0.1) is 0 Å². The fourth-order valence-corrected chi connectivity index (χ4v) is 1.42. The normalized spacial score (nSPS) is 10.6. The highest BCUT2D eigenvalue weighted by atomic mass is 14.8.